The van der Waals surface area contributed by atoms with E-state index in [1.807, 2.05) is 63.2 Å². The van der Waals surface area contributed by atoms with Gasteiger partial charge in [-0.1, -0.05) is 51.1 Å². The molecule has 1 heterocycles. The summed E-state index contributed by atoms with van der Waals surface area (Å²) in [6, 6.07) is 13.5. The molecule has 0 spiro atoms. The lowest BCUT2D eigenvalue weighted by atomic mass is 9.85. The van der Waals surface area contributed by atoms with Gasteiger partial charge in [-0.15, -0.1) is 0 Å². The minimum Gasteiger partial charge on any atom is -0.448 e. The Labute approximate surface area is 137 Å². The van der Waals surface area contributed by atoms with Crippen LogP contribution in [0.15, 0.2) is 59.9 Å². The summed E-state index contributed by atoms with van der Waals surface area (Å²) in [5.74, 6) is 0. The van der Waals surface area contributed by atoms with Crippen molar-refractivity contribution in [3.05, 3.63) is 66.0 Å². The van der Waals surface area contributed by atoms with E-state index in [0.717, 1.165) is 16.8 Å². The molecule has 0 saturated heterocycles. The zero-order valence-corrected chi connectivity index (χ0v) is 13.8. The highest BCUT2D eigenvalue weighted by molar-refractivity contribution is 6.08. The molecule has 0 radical (unpaired) electrons. The standard InChI is InChI=1S/C19H22N2O2/c1-19(2,3)17(16-7-5-4-6-8-16)21-18(22)23-14-11-15-9-12-20-13-10-15/h4-10,12-13H,11,14H2,1-3H3/b21-17+. The van der Waals surface area contributed by atoms with Crippen molar-refractivity contribution >= 4 is 11.8 Å². The second-order valence-electron chi connectivity index (χ2n) is 6.30. The maximum Gasteiger partial charge on any atom is 0.433 e. The fourth-order valence-electron chi connectivity index (χ4n) is 2.19. The van der Waals surface area contributed by atoms with Crippen molar-refractivity contribution in [2.24, 2.45) is 10.4 Å². The fraction of sp³-hybridized carbons (Fsp3) is 0.316. The number of aromatic nitrogens is 1. The summed E-state index contributed by atoms with van der Waals surface area (Å²) < 4.78 is 5.25. The number of amides is 1. The van der Waals surface area contributed by atoms with E-state index in [4.69, 9.17) is 4.74 Å². The Morgan fingerprint density at radius 1 is 1.09 bits per heavy atom. The molecule has 1 aromatic heterocycles. The molecule has 0 unspecified atom stereocenters. The molecule has 0 aliphatic carbocycles. The van der Waals surface area contributed by atoms with Crippen LogP contribution in [0.5, 0.6) is 0 Å². The molecule has 0 atom stereocenters. The maximum atomic E-state index is 12.0. The quantitative estimate of drug-likeness (QED) is 0.791. The summed E-state index contributed by atoms with van der Waals surface area (Å²) in [6.45, 7) is 6.40. The van der Waals surface area contributed by atoms with Crippen molar-refractivity contribution < 1.29 is 9.53 Å². The van der Waals surface area contributed by atoms with E-state index in [1.165, 1.54) is 0 Å². The third-order valence-corrected chi connectivity index (χ3v) is 3.33. The van der Waals surface area contributed by atoms with Crippen molar-refractivity contribution in [2.75, 3.05) is 6.61 Å². The Morgan fingerprint density at radius 2 is 1.74 bits per heavy atom. The first-order chi connectivity index (χ1) is 11.0. The third kappa shape index (κ3) is 5.33. The van der Waals surface area contributed by atoms with Gasteiger partial charge in [-0.25, -0.2) is 4.79 Å². The number of carbonyl (C=O) groups excluding carboxylic acids is 1. The van der Waals surface area contributed by atoms with Crippen LogP contribution in [0.25, 0.3) is 0 Å². The third-order valence-electron chi connectivity index (χ3n) is 3.33. The lowest BCUT2D eigenvalue weighted by Crippen LogP contribution is -2.23. The topological polar surface area (TPSA) is 51.5 Å². The summed E-state index contributed by atoms with van der Waals surface area (Å²) in [5, 5.41) is 0. The lowest BCUT2D eigenvalue weighted by molar-refractivity contribution is 0.158. The number of nitrogens with zero attached hydrogens (tertiary/aromatic N) is 2. The van der Waals surface area contributed by atoms with Crippen LogP contribution in [0.2, 0.25) is 0 Å². The molecule has 0 aliphatic heterocycles. The SMILES string of the molecule is CC(C)(C)/C(=N/C(=O)OCCc1ccncc1)c1ccccc1. The Hall–Kier alpha value is -2.49. The van der Waals surface area contributed by atoms with E-state index in [9.17, 15) is 4.79 Å². The average molecular weight is 310 g/mol. The van der Waals surface area contributed by atoms with E-state index < -0.39 is 6.09 Å². The van der Waals surface area contributed by atoms with Gasteiger partial charge in [-0.05, 0) is 23.3 Å². The van der Waals surface area contributed by atoms with Crippen LogP contribution in [0.3, 0.4) is 0 Å². The summed E-state index contributed by atoms with van der Waals surface area (Å²) in [6.07, 6.45) is 3.55. The molecule has 2 rings (SSSR count). The predicted octanol–water partition coefficient (Wildman–Crippen LogP) is 4.30. The van der Waals surface area contributed by atoms with Gasteiger partial charge in [0.1, 0.15) is 0 Å². The number of benzene rings is 1. The summed E-state index contributed by atoms with van der Waals surface area (Å²) in [5.41, 5.74) is 2.50. The van der Waals surface area contributed by atoms with Gasteiger partial charge < -0.3 is 4.74 Å². The monoisotopic (exact) mass is 310 g/mol. The molecule has 1 aromatic carbocycles. The maximum absolute atomic E-state index is 12.0. The number of carbonyl (C=O) groups is 1. The van der Waals surface area contributed by atoms with Gasteiger partial charge in [0, 0.05) is 24.2 Å². The Morgan fingerprint density at radius 3 is 2.35 bits per heavy atom. The largest absolute Gasteiger partial charge is 0.448 e. The first kappa shape index (κ1) is 16.9. The second-order valence-corrected chi connectivity index (χ2v) is 6.30. The Balaban J connectivity index is 2.03. The van der Waals surface area contributed by atoms with Gasteiger partial charge in [0.05, 0.1) is 12.3 Å². The van der Waals surface area contributed by atoms with Crippen LogP contribution in [0.1, 0.15) is 31.9 Å². The molecule has 0 fully saturated rings. The van der Waals surface area contributed by atoms with Crippen LogP contribution >= 0.6 is 0 Å². The van der Waals surface area contributed by atoms with Crippen LogP contribution < -0.4 is 0 Å². The highest BCUT2D eigenvalue weighted by Crippen LogP contribution is 2.22. The Kier molecular flexibility index (Phi) is 5.63. The predicted molar refractivity (Wildman–Crippen MR) is 91.7 cm³/mol. The van der Waals surface area contributed by atoms with E-state index in [1.54, 1.807) is 12.4 Å². The molecule has 4 nitrogen and oxygen atoms in total. The van der Waals surface area contributed by atoms with Crippen molar-refractivity contribution in [1.82, 2.24) is 4.98 Å². The van der Waals surface area contributed by atoms with Crippen molar-refractivity contribution in [1.29, 1.82) is 0 Å². The van der Waals surface area contributed by atoms with E-state index in [2.05, 4.69) is 9.98 Å². The first-order valence-electron chi connectivity index (χ1n) is 7.67. The van der Waals surface area contributed by atoms with Crippen LogP contribution in [-0.2, 0) is 11.2 Å². The molecule has 23 heavy (non-hydrogen) atoms. The number of rotatable bonds is 4. The van der Waals surface area contributed by atoms with Crippen LogP contribution in [0, 0.1) is 5.41 Å². The van der Waals surface area contributed by atoms with Gasteiger partial charge in [-0.3, -0.25) is 4.98 Å². The number of pyridine rings is 1. The van der Waals surface area contributed by atoms with E-state index in [0.29, 0.717) is 13.0 Å². The number of aliphatic imine (C=N–C) groups is 1. The molecule has 120 valence electrons. The van der Waals surface area contributed by atoms with Gasteiger partial charge in [0.15, 0.2) is 0 Å². The molecule has 1 amide bonds. The summed E-state index contributed by atoms with van der Waals surface area (Å²) in [7, 11) is 0. The molecule has 0 aliphatic rings. The molecular weight excluding hydrogens is 288 g/mol. The zero-order chi connectivity index (χ0) is 16.7. The molecule has 0 N–H and O–H groups in total. The van der Waals surface area contributed by atoms with Crippen molar-refractivity contribution in [3.63, 3.8) is 0 Å². The van der Waals surface area contributed by atoms with Crippen LogP contribution in [-0.4, -0.2) is 23.4 Å². The molecule has 4 heteroatoms. The fourth-order valence-corrected chi connectivity index (χ4v) is 2.19. The van der Waals surface area contributed by atoms with Crippen molar-refractivity contribution in [3.8, 4) is 0 Å². The average Bonchev–Trinajstić information content (AvgIpc) is 2.53. The molecule has 2 aromatic rings. The smallest absolute Gasteiger partial charge is 0.433 e. The van der Waals surface area contributed by atoms with E-state index >= 15 is 0 Å². The highest BCUT2D eigenvalue weighted by atomic mass is 16.5. The van der Waals surface area contributed by atoms with Gasteiger partial charge >= 0.3 is 6.09 Å². The second kappa shape index (κ2) is 7.68. The van der Waals surface area contributed by atoms with Crippen LogP contribution in [0.4, 0.5) is 4.79 Å². The molecule has 0 saturated carbocycles. The minimum atomic E-state index is -0.548. The lowest BCUT2D eigenvalue weighted by Gasteiger charge is -2.21. The van der Waals surface area contributed by atoms with Gasteiger partial charge in [-0.2, -0.15) is 4.99 Å². The normalized spacial score (nSPS) is 12.0. The van der Waals surface area contributed by atoms with E-state index in [-0.39, 0.29) is 5.41 Å². The summed E-state index contributed by atoms with van der Waals surface area (Å²) in [4.78, 5) is 20.2. The number of hydrogen-bond acceptors (Lipinski definition) is 3. The molecular formula is C19H22N2O2. The van der Waals surface area contributed by atoms with Gasteiger partial charge in [0.25, 0.3) is 0 Å². The first-order valence-corrected chi connectivity index (χ1v) is 7.67. The number of hydrogen-bond donors (Lipinski definition) is 0. The Bertz CT molecular complexity index is 659. The van der Waals surface area contributed by atoms with Gasteiger partial charge in [0.2, 0.25) is 0 Å². The minimum absolute atomic E-state index is 0.245. The summed E-state index contributed by atoms with van der Waals surface area (Å²) >= 11 is 0. The highest BCUT2D eigenvalue weighted by Gasteiger charge is 2.22. The zero-order valence-electron chi connectivity index (χ0n) is 13.8. The number of ether oxygens (including phenoxy) is 1. The molecule has 0 bridgehead atoms. The van der Waals surface area contributed by atoms with Crippen molar-refractivity contribution in [2.45, 2.75) is 27.2 Å².